The molecule has 0 radical (unpaired) electrons. The molecule has 1 aromatic carbocycles. The lowest BCUT2D eigenvalue weighted by Crippen LogP contribution is -1.98. The Morgan fingerprint density at radius 1 is 1.47 bits per heavy atom. The molecule has 3 heteroatoms. The molecule has 0 saturated heterocycles. The van der Waals surface area contributed by atoms with Crippen LogP contribution in [0.15, 0.2) is 40.9 Å². The lowest BCUT2D eigenvalue weighted by molar-refractivity contribution is -0.137. The third-order valence-corrected chi connectivity index (χ3v) is 3.43. The summed E-state index contributed by atoms with van der Waals surface area (Å²) >= 11 is 3.42. The van der Waals surface area contributed by atoms with E-state index in [0.717, 1.165) is 10.9 Å². The van der Waals surface area contributed by atoms with E-state index in [1.54, 1.807) is 6.08 Å². The topological polar surface area (TPSA) is 26.3 Å². The van der Waals surface area contributed by atoms with Gasteiger partial charge in [-0.2, -0.15) is 0 Å². The number of hydrogen-bond donors (Lipinski definition) is 0. The molecule has 0 spiro atoms. The Morgan fingerprint density at radius 3 is 2.82 bits per heavy atom. The van der Waals surface area contributed by atoms with Crippen molar-refractivity contribution < 1.29 is 9.53 Å². The van der Waals surface area contributed by atoms with E-state index in [-0.39, 0.29) is 5.97 Å². The van der Waals surface area contributed by atoms with Crippen molar-refractivity contribution in [2.75, 3.05) is 6.61 Å². The SMILES string of the molecule is CCOC(=O)/C=C/[C@@H]1C[C@H]1c1ccc(Br)cc1. The van der Waals surface area contributed by atoms with Gasteiger partial charge in [-0.05, 0) is 42.9 Å². The summed E-state index contributed by atoms with van der Waals surface area (Å²) in [7, 11) is 0. The minimum Gasteiger partial charge on any atom is -0.463 e. The molecule has 2 rings (SSSR count). The van der Waals surface area contributed by atoms with E-state index in [1.165, 1.54) is 5.56 Å². The van der Waals surface area contributed by atoms with Gasteiger partial charge in [0, 0.05) is 10.5 Å². The van der Waals surface area contributed by atoms with Crippen molar-refractivity contribution in [3.63, 3.8) is 0 Å². The predicted molar refractivity (Wildman–Crippen MR) is 70.8 cm³/mol. The fraction of sp³-hybridized carbons (Fsp3) is 0.357. The monoisotopic (exact) mass is 294 g/mol. The number of halogens is 1. The van der Waals surface area contributed by atoms with Gasteiger partial charge in [0.2, 0.25) is 0 Å². The average molecular weight is 295 g/mol. The van der Waals surface area contributed by atoms with Crippen LogP contribution < -0.4 is 0 Å². The van der Waals surface area contributed by atoms with Crippen LogP contribution in [0.25, 0.3) is 0 Å². The Labute approximate surface area is 110 Å². The zero-order chi connectivity index (χ0) is 12.3. The van der Waals surface area contributed by atoms with Gasteiger partial charge in [-0.3, -0.25) is 0 Å². The van der Waals surface area contributed by atoms with Crippen LogP contribution in [-0.2, 0) is 9.53 Å². The van der Waals surface area contributed by atoms with Crippen molar-refractivity contribution in [1.82, 2.24) is 0 Å². The van der Waals surface area contributed by atoms with E-state index in [4.69, 9.17) is 4.74 Å². The van der Waals surface area contributed by atoms with Crippen molar-refractivity contribution in [3.05, 3.63) is 46.5 Å². The molecule has 1 aliphatic carbocycles. The molecule has 2 atom stereocenters. The molecule has 0 N–H and O–H groups in total. The highest BCUT2D eigenvalue weighted by Gasteiger charge is 2.36. The normalized spacial score (nSPS) is 22.7. The highest BCUT2D eigenvalue weighted by molar-refractivity contribution is 9.10. The first-order chi connectivity index (χ1) is 8.20. The van der Waals surface area contributed by atoms with Gasteiger partial charge in [0.25, 0.3) is 0 Å². The summed E-state index contributed by atoms with van der Waals surface area (Å²) in [4.78, 5) is 11.1. The molecule has 0 bridgehead atoms. The van der Waals surface area contributed by atoms with Crippen LogP contribution in [0.2, 0.25) is 0 Å². The van der Waals surface area contributed by atoms with Crippen LogP contribution >= 0.6 is 15.9 Å². The van der Waals surface area contributed by atoms with E-state index in [9.17, 15) is 4.79 Å². The first-order valence-electron chi connectivity index (χ1n) is 5.81. The molecule has 17 heavy (non-hydrogen) atoms. The maximum Gasteiger partial charge on any atom is 0.330 e. The summed E-state index contributed by atoms with van der Waals surface area (Å²) in [6.07, 6.45) is 4.63. The minimum atomic E-state index is -0.242. The van der Waals surface area contributed by atoms with Crippen LogP contribution in [0.1, 0.15) is 24.8 Å². The fourth-order valence-corrected chi connectivity index (χ4v) is 2.18. The van der Waals surface area contributed by atoms with Gasteiger partial charge in [-0.15, -0.1) is 0 Å². The molecular formula is C14H15BrO2. The number of allylic oxidation sites excluding steroid dienone is 1. The molecule has 0 amide bonds. The van der Waals surface area contributed by atoms with E-state index in [1.807, 2.05) is 13.0 Å². The molecule has 1 aliphatic rings. The smallest absolute Gasteiger partial charge is 0.330 e. The Morgan fingerprint density at radius 2 is 2.18 bits per heavy atom. The highest BCUT2D eigenvalue weighted by atomic mass is 79.9. The quantitative estimate of drug-likeness (QED) is 0.626. The number of ether oxygens (including phenoxy) is 1. The molecule has 0 aromatic heterocycles. The highest BCUT2D eigenvalue weighted by Crippen LogP contribution is 2.48. The number of esters is 1. The van der Waals surface area contributed by atoms with E-state index >= 15 is 0 Å². The number of benzene rings is 1. The Kier molecular flexibility index (Phi) is 4.00. The van der Waals surface area contributed by atoms with Gasteiger partial charge in [-0.1, -0.05) is 34.1 Å². The summed E-state index contributed by atoms with van der Waals surface area (Å²) < 4.78 is 5.94. The van der Waals surface area contributed by atoms with Crippen LogP contribution in [0, 0.1) is 5.92 Å². The number of hydrogen-bond acceptors (Lipinski definition) is 2. The van der Waals surface area contributed by atoms with Crippen LogP contribution in [0.4, 0.5) is 0 Å². The summed E-state index contributed by atoms with van der Waals surface area (Å²) in [6, 6.07) is 8.37. The molecular weight excluding hydrogens is 280 g/mol. The molecule has 0 unspecified atom stereocenters. The predicted octanol–water partition coefficient (Wildman–Crippen LogP) is 3.67. The molecule has 1 aromatic rings. The maximum atomic E-state index is 11.1. The van der Waals surface area contributed by atoms with Crippen LogP contribution in [0.3, 0.4) is 0 Å². The van der Waals surface area contributed by atoms with Crippen molar-refractivity contribution in [3.8, 4) is 0 Å². The van der Waals surface area contributed by atoms with Crippen LogP contribution in [0.5, 0.6) is 0 Å². The summed E-state index contributed by atoms with van der Waals surface area (Å²) in [5.41, 5.74) is 1.34. The molecule has 0 aliphatic heterocycles. The van der Waals surface area contributed by atoms with E-state index in [0.29, 0.717) is 18.4 Å². The third kappa shape index (κ3) is 3.43. The van der Waals surface area contributed by atoms with Gasteiger partial charge in [-0.25, -0.2) is 4.79 Å². The van der Waals surface area contributed by atoms with Gasteiger partial charge in [0.1, 0.15) is 0 Å². The summed E-state index contributed by atoms with van der Waals surface area (Å²) in [5.74, 6) is 0.809. The number of rotatable bonds is 4. The van der Waals surface area contributed by atoms with Crippen molar-refractivity contribution in [1.29, 1.82) is 0 Å². The van der Waals surface area contributed by atoms with E-state index < -0.39 is 0 Å². The summed E-state index contributed by atoms with van der Waals surface area (Å²) in [6.45, 7) is 2.25. The molecule has 1 fully saturated rings. The fourth-order valence-electron chi connectivity index (χ4n) is 1.91. The van der Waals surface area contributed by atoms with Crippen molar-refractivity contribution >= 4 is 21.9 Å². The lowest BCUT2D eigenvalue weighted by Gasteiger charge is -1.98. The number of carbonyl (C=O) groups is 1. The second-order valence-electron chi connectivity index (χ2n) is 4.17. The van der Waals surface area contributed by atoms with Gasteiger partial charge < -0.3 is 4.74 Å². The zero-order valence-corrected chi connectivity index (χ0v) is 11.3. The molecule has 0 heterocycles. The zero-order valence-electron chi connectivity index (χ0n) is 9.73. The molecule has 2 nitrogen and oxygen atoms in total. The average Bonchev–Trinajstić information content (AvgIpc) is 3.07. The second-order valence-corrected chi connectivity index (χ2v) is 5.08. The largest absolute Gasteiger partial charge is 0.463 e. The molecule has 90 valence electrons. The van der Waals surface area contributed by atoms with E-state index in [2.05, 4.69) is 40.2 Å². The van der Waals surface area contributed by atoms with Crippen LogP contribution in [-0.4, -0.2) is 12.6 Å². The first-order valence-corrected chi connectivity index (χ1v) is 6.60. The van der Waals surface area contributed by atoms with Gasteiger partial charge in [0.15, 0.2) is 0 Å². The van der Waals surface area contributed by atoms with Gasteiger partial charge >= 0.3 is 5.97 Å². The summed E-state index contributed by atoms with van der Waals surface area (Å²) in [5, 5.41) is 0. The molecule has 1 saturated carbocycles. The Hall–Kier alpha value is -1.09. The lowest BCUT2D eigenvalue weighted by atomic mass is 10.1. The first kappa shape index (κ1) is 12.4. The maximum absolute atomic E-state index is 11.1. The van der Waals surface area contributed by atoms with Gasteiger partial charge in [0.05, 0.1) is 6.61 Å². The van der Waals surface area contributed by atoms with Crippen molar-refractivity contribution in [2.45, 2.75) is 19.3 Å². The number of carbonyl (C=O) groups excluding carboxylic acids is 1. The third-order valence-electron chi connectivity index (χ3n) is 2.90. The second kappa shape index (κ2) is 5.50. The standard InChI is InChI=1S/C14H15BrO2/c1-2-17-14(16)8-5-11-9-13(11)10-3-6-12(15)7-4-10/h3-8,11,13H,2,9H2,1H3/b8-5+/t11-,13+/m1/s1. The van der Waals surface area contributed by atoms with Crippen molar-refractivity contribution in [2.24, 2.45) is 5.92 Å². The Bertz CT molecular complexity index is 422. The Balaban J connectivity index is 1.88. The minimum absolute atomic E-state index is 0.242.